The Morgan fingerprint density at radius 2 is 2.00 bits per heavy atom. The highest BCUT2D eigenvalue weighted by Crippen LogP contribution is 2.24. The normalized spacial score (nSPS) is 13.2. The van der Waals surface area contributed by atoms with Gasteiger partial charge in [0, 0.05) is 7.05 Å². The smallest absolute Gasteiger partial charge is 0.322 e. The molecule has 0 radical (unpaired) electrons. The lowest BCUT2D eigenvalue weighted by molar-refractivity contribution is -0.141. The van der Waals surface area contributed by atoms with Crippen LogP contribution < -0.4 is 0 Å². The minimum atomic E-state index is -3.87. The van der Waals surface area contributed by atoms with Crippen molar-refractivity contribution in [2.75, 3.05) is 7.05 Å². The Hall–Kier alpha value is -1.77. The molecule has 0 amide bonds. The predicted molar refractivity (Wildman–Crippen MR) is 83.4 cm³/mol. The first-order chi connectivity index (χ1) is 10.3. The largest absolute Gasteiger partial charge is 0.480 e. The number of likely N-dealkylation sites (N-methyl/N-ethyl adjacent to an activating group) is 1. The van der Waals surface area contributed by atoms with Crippen molar-refractivity contribution in [3.8, 4) is 0 Å². The minimum Gasteiger partial charge on any atom is -0.480 e. The highest BCUT2D eigenvalue weighted by Gasteiger charge is 2.34. The van der Waals surface area contributed by atoms with Crippen molar-refractivity contribution in [1.29, 1.82) is 0 Å². The molecule has 0 saturated carbocycles. The van der Waals surface area contributed by atoms with Gasteiger partial charge in [0.05, 0.1) is 11.2 Å². The van der Waals surface area contributed by atoms with Crippen LogP contribution in [0.4, 0.5) is 0 Å². The Bertz CT molecular complexity index is 756. The van der Waals surface area contributed by atoms with Crippen LogP contribution in [0, 0.1) is 6.92 Å². The van der Waals surface area contributed by atoms with Crippen molar-refractivity contribution in [2.24, 2.45) is 0 Å². The fraction of sp³-hybridized carbons (Fsp3) is 0.286. The molecule has 0 aliphatic rings. The molecule has 118 valence electrons. The van der Waals surface area contributed by atoms with Gasteiger partial charge in [-0.2, -0.15) is 4.31 Å². The van der Waals surface area contributed by atoms with Crippen molar-refractivity contribution >= 4 is 27.3 Å². The van der Waals surface area contributed by atoms with E-state index in [0.29, 0.717) is 5.01 Å². The summed E-state index contributed by atoms with van der Waals surface area (Å²) in [6.07, 6.45) is 1.36. The number of carbonyl (C=O) groups is 1. The van der Waals surface area contributed by atoms with E-state index in [9.17, 15) is 18.3 Å². The van der Waals surface area contributed by atoms with Crippen LogP contribution in [-0.4, -0.2) is 41.9 Å². The molecule has 2 rings (SSSR count). The van der Waals surface area contributed by atoms with E-state index < -0.39 is 22.0 Å². The maximum atomic E-state index is 12.5. The molecule has 0 aliphatic carbocycles. The molecule has 1 atom stereocenters. The molecule has 0 bridgehead atoms. The summed E-state index contributed by atoms with van der Waals surface area (Å²) in [5, 5.41) is 10.0. The lowest BCUT2D eigenvalue weighted by Crippen LogP contribution is -2.43. The number of nitrogens with zero attached hydrogens (tertiary/aromatic N) is 2. The van der Waals surface area contributed by atoms with E-state index in [1.807, 2.05) is 6.07 Å². The molecule has 1 aromatic carbocycles. The second kappa shape index (κ2) is 6.55. The highest BCUT2D eigenvalue weighted by atomic mass is 32.2. The van der Waals surface area contributed by atoms with Gasteiger partial charge in [0.25, 0.3) is 10.0 Å². The topological polar surface area (TPSA) is 87.6 Å². The zero-order chi connectivity index (χ0) is 16.3. The second-order valence-corrected chi connectivity index (χ2v) is 8.22. The number of aryl methyl sites for hydroxylation is 1. The van der Waals surface area contributed by atoms with Crippen LogP contribution in [-0.2, 0) is 21.2 Å². The zero-order valence-electron chi connectivity index (χ0n) is 12.1. The van der Waals surface area contributed by atoms with E-state index in [-0.39, 0.29) is 10.6 Å². The number of aliphatic carboxylic acids is 1. The number of aromatic nitrogens is 1. The number of hydrogen-bond donors (Lipinski definition) is 1. The molecule has 0 aliphatic heterocycles. The van der Waals surface area contributed by atoms with Gasteiger partial charge in [-0.15, -0.1) is 11.3 Å². The van der Waals surface area contributed by atoms with E-state index >= 15 is 0 Å². The van der Waals surface area contributed by atoms with E-state index in [0.717, 1.165) is 21.2 Å². The molecule has 1 N–H and O–H groups in total. The molecule has 1 heterocycles. The SMILES string of the molecule is Cc1ncc(S(=O)(=O)N(C)C(Cc2ccccc2)C(=O)O)s1. The van der Waals surface area contributed by atoms with E-state index in [1.54, 1.807) is 31.2 Å². The maximum absolute atomic E-state index is 12.5. The number of rotatable bonds is 6. The minimum absolute atomic E-state index is 0.0480. The van der Waals surface area contributed by atoms with Gasteiger partial charge in [-0.1, -0.05) is 30.3 Å². The molecular formula is C14H16N2O4S2. The first-order valence-corrected chi connectivity index (χ1v) is 8.75. The third kappa shape index (κ3) is 3.52. The Labute approximate surface area is 133 Å². The molecule has 6 nitrogen and oxygen atoms in total. The number of benzene rings is 1. The van der Waals surface area contributed by atoms with Gasteiger partial charge >= 0.3 is 5.97 Å². The predicted octanol–water partition coefficient (Wildman–Crippen LogP) is 1.77. The number of hydrogen-bond acceptors (Lipinski definition) is 5. The first-order valence-electron chi connectivity index (χ1n) is 6.49. The van der Waals surface area contributed by atoms with E-state index in [4.69, 9.17) is 0 Å². The lowest BCUT2D eigenvalue weighted by Gasteiger charge is -2.23. The summed E-state index contributed by atoms with van der Waals surface area (Å²) in [5.74, 6) is -1.18. The monoisotopic (exact) mass is 340 g/mol. The van der Waals surface area contributed by atoms with Gasteiger partial charge in [-0.3, -0.25) is 4.79 Å². The molecule has 0 fully saturated rings. The van der Waals surface area contributed by atoms with Crippen molar-refractivity contribution in [3.63, 3.8) is 0 Å². The Morgan fingerprint density at radius 3 is 2.50 bits per heavy atom. The van der Waals surface area contributed by atoms with Crippen molar-refractivity contribution < 1.29 is 18.3 Å². The van der Waals surface area contributed by atoms with Gasteiger partial charge in [-0.05, 0) is 18.9 Å². The maximum Gasteiger partial charge on any atom is 0.322 e. The summed E-state index contributed by atoms with van der Waals surface area (Å²) in [7, 11) is -2.59. The van der Waals surface area contributed by atoms with Crippen LogP contribution in [0.1, 0.15) is 10.6 Å². The van der Waals surface area contributed by atoms with Crippen molar-refractivity contribution in [3.05, 3.63) is 47.1 Å². The second-order valence-electron chi connectivity index (χ2n) is 4.76. The van der Waals surface area contributed by atoms with Crippen LogP contribution in [0.2, 0.25) is 0 Å². The zero-order valence-corrected chi connectivity index (χ0v) is 13.8. The van der Waals surface area contributed by atoms with Gasteiger partial charge in [0.2, 0.25) is 0 Å². The van der Waals surface area contributed by atoms with Crippen LogP contribution in [0.3, 0.4) is 0 Å². The molecule has 1 aromatic heterocycles. The summed E-state index contributed by atoms with van der Waals surface area (Å²) in [6.45, 7) is 1.70. The summed E-state index contributed by atoms with van der Waals surface area (Å²) in [6, 6.07) is 7.76. The Kier molecular flexibility index (Phi) is 4.94. The Morgan fingerprint density at radius 1 is 1.36 bits per heavy atom. The fourth-order valence-corrected chi connectivity index (χ4v) is 4.59. The third-order valence-corrected chi connectivity index (χ3v) is 6.45. The molecule has 1 unspecified atom stereocenters. The first kappa shape index (κ1) is 16.6. The molecule has 22 heavy (non-hydrogen) atoms. The van der Waals surface area contributed by atoms with Crippen molar-refractivity contribution in [2.45, 2.75) is 23.6 Å². The van der Waals surface area contributed by atoms with Gasteiger partial charge in [0.1, 0.15) is 6.04 Å². The number of carboxylic acids is 1. The molecule has 8 heteroatoms. The van der Waals surface area contributed by atoms with Gasteiger partial charge < -0.3 is 5.11 Å². The standard InChI is InChI=1S/C14H16N2O4S2/c1-10-15-9-13(21-10)22(19,20)16(2)12(14(17)18)8-11-6-4-3-5-7-11/h3-7,9,12H,8H2,1-2H3,(H,17,18). The van der Waals surface area contributed by atoms with Crippen LogP contribution in [0.15, 0.2) is 40.7 Å². The average molecular weight is 340 g/mol. The lowest BCUT2D eigenvalue weighted by atomic mass is 10.1. The van der Waals surface area contributed by atoms with Crippen LogP contribution in [0.25, 0.3) is 0 Å². The van der Waals surface area contributed by atoms with Crippen LogP contribution in [0.5, 0.6) is 0 Å². The third-order valence-electron chi connectivity index (χ3n) is 3.23. The van der Waals surface area contributed by atoms with E-state index in [2.05, 4.69) is 4.98 Å². The number of sulfonamides is 1. The fourth-order valence-electron chi connectivity index (χ4n) is 1.98. The summed E-state index contributed by atoms with van der Waals surface area (Å²) in [4.78, 5) is 15.4. The Balaban J connectivity index is 2.30. The average Bonchev–Trinajstić information content (AvgIpc) is 2.92. The van der Waals surface area contributed by atoms with Gasteiger partial charge in [0.15, 0.2) is 4.21 Å². The molecule has 0 spiro atoms. The van der Waals surface area contributed by atoms with Gasteiger partial charge in [-0.25, -0.2) is 13.4 Å². The summed E-state index contributed by atoms with van der Waals surface area (Å²) >= 11 is 1.02. The molecule has 2 aromatic rings. The van der Waals surface area contributed by atoms with E-state index in [1.165, 1.54) is 13.2 Å². The summed E-state index contributed by atoms with van der Waals surface area (Å²) in [5.41, 5.74) is 0.762. The molecule has 0 saturated heterocycles. The number of carboxylic acid groups (broad SMARTS) is 1. The number of thiazole rings is 1. The molecular weight excluding hydrogens is 324 g/mol. The highest BCUT2D eigenvalue weighted by molar-refractivity contribution is 7.91. The quantitative estimate of drug-likeness (QED) is 0.866. The van der Waals surface area contributed by atoms with Crippen LogP contribution >= 0.6 is 11.3 Å². The van der Waals surface area contributed by atoms with Crippen molar-refractivity contribution in [1.82, 2.24) is 9.29 Å². The summed E-state index contributed by atoms with van der Waals surface area (Å²) < 4.78 is 26.0.